The summed E-state index contributed by atoms with van der Waals surface area (Å²) in [5, 5.41) is 0. The number of rotatable bonds is 5. The SMILES string of the molecule is CCN(Cc1ccc(C(N)=S)cc1C)C1CCCCC1. The molecule has 1 aromatic rings. The highest BCUT2D eigenvalue weighted by atomic mass is 32.1. The second kappa shape index (κ2) is 7.19. The second-order valence-electron chi connectivity index (χ2n) is 5.86. The molecule has 1 aromatic carbocycles. The zero-order valence-corrected chi connectivity index (χ0v) is 13.5. The third-order valence-electron chi connectivity index (χ3n) is 4.50. The number of nitrogens with zero attached hydrogens (tertiary/aromatic N) is 1. The van der Waals surface area contributed by atoms with Crippen molar-refractivity contribution in [3.8, 4) is 0 Å². The maximum absolute atomic E-state index is 5.70. The van der Waals surface area contributed by atoms with Crippen molar-refractivity contribution < 1.29 is 0 Å². The van der Waals surface area contributed by atoms with Crippen molar-refractivity contribution in [1.82, 2.24) is 4.90 Å². The van der Waals surface area contributed by atoms with Crippen LogP contribution in [-0.2, 0) is 6.54 Å². The van der Waals surface area contributed by atoms with Crippen molar-refractivity contribution >= 4 is 17.2 Å². The highest BCUT2D eigenvalue weighted by Crippen LogP contribution is 2.24. The Hall–Kier alpha value is -0.930. The molecule has 0 radical (unpaired) electrons. The summed E-state index contributed by atoms with van der Waals surface area (Å²) in [6, 6.07) is 7.13. The Labute approximate surface area is 128 Å². The topological polar surface area (TPSA) is 29.3 Å². The Morgan fingerprint density at radius 2 is 2.00 bits per heavy atom. The molecule has 0 aliphatic heterocycles. The van der Waals surface area contributed by atoms with Gasteiger partial charge in [-0.1, -0.05) is 50.5 Å². The molecular formula is C17H26N2S. The average molecular weight is 290 g/mol. The maximum atomic E-state index is 5.70. The zero-order chi connectivity index (χ0) is 14.5. The van der Waals surface area contributed by atoms with Crippen molar-refractivity contribution in [1.29, 1.82) is 0 Å². The van der Waals surface area contributed by atoms with Gasteiger partial charge in [-0.15, -0.1) is 0 Å². The van der Waals surface area contributed by atoms with Crippen LogP contribution in [0.25, 0.3) is 0 Å². The molecular weight excluding hydrogens is 264 g/mol. The van der Waals surface area contributed by atoms with Crippen molar-refractivity contribution in [3.05, 3.63) is 34.9 Å². The Morgan fingerprint density at radius 3 is 2.55 bits per heavy atom. The molecule has 1 fully saturated rings. The van der Waals surface area contributed by atoms with Gasteiger partial charge < -0.3 is 5.73 Å². The van der Waals surface area contributed by atoms with Crippen molar-refractivity contribution in [2.45, 2.75) is 58.5 Å². The second-order valence-corrected chi connectivity index (χ2v) is 6.30. The summed E-state index contributed by atoms with van der Waals surface area (Å²) in [4.78, 5) is 3.11. The van der Waals surface area contributed by atoms with Gasteiger partial charge in [-0.05, 0) is 43.5 Å². The van der Waals surface area contributed by atoms with Crippen LogP contribution in [0, 0.1) is 6.92 Å². The molecule has 1 aliphatic carbocycles. The molecule has 0 bridgehead atoms. The molecule has 0 spiro atoms. The minimum absolute atomic E-state index is 0.485. The van der Waals surface area contributed by atoms with Crippen LogP contribution in [0.15, 0.2) is 18.2 Å². The fourth-order valence-corrected chi connectivity index (χ4v) is 3.32. The van der Waals surface area contributed by atoms with Crippen LogP contribution in [0.5, 0.6) is 0 Å². The van der Waals surface area contributed by atoms with E-state index in [1.807, 2.05) is 0 Å². The van der Waals surface area contributed by atoms with Crippen molar-refractivity contribution in [3.63, 3.8) is 0 Å². The number of nitrogens with two attached hydrogens (primary N) is 1. The Kier molecular flexibility index (Phi) is 5.55. The van der Waals surface area contributed by atoms with Gasteiger partial charge in [-0.3, -0.25) is 4.90 Å². The molecule has 20 heavy (non-hydrogen) atoms. The van der Waals surface area contributed by atoms with Crippen LogP contribution in [0.2, 0.25) is 0 Å². The number of aryl methyl sites for hydroxylation is 1. The first-order valence-corrected chi connectivity index (χ1v) is 8.16. The summed E-state index contributed by atoms with van der Waals surface area (Å²) in [5.41, 5.74) is 9.37. The summed E-state index contributed by atoms with van der Waals surface area (Å²) >= 11 is 5.05. The Morgan fingerprint density at radius 1 is 1.30 bits per heavy atom. The van der Waals surface area contributed by atoms with Crippen LogP contribution < -0.4 is 5.73 Å². The number of benzene rings is 1. The number of hydrogen-bond donors (Lipinski definition) is 1. The molecule has 0 heterocycles. The van der Waals surface area contributed by atoms with Crippen molar-refractivity contribution in [2.24, 2.45) is 5.73 Å². The van der Waals surface area contributed by atoms with E-state index in [1.165, 1.54) is 43.2 Å². The molecule has 2 nitrogen and oxygen atoms in total. The first kappa shape index (κ1) is 15.5. The minimum Gasteiger partial charge on any atom is -0.389 e. The van der Waals surface area contributed by atoms with E-state index >= 15 is 0 Å². The van der Waals surface area contributed by atoms with Gasteiger partial charge in [-0.2, -0.15) is 0 Å². The fourth-order valence-electron chi connectivity index (χ4n) is 3.19. The van der Waals surface area contributed by atoms with E-state index in [0.29, 0.717) is 4.99 Å². The molecule has 1 aliphatic rings. The van der Waals surface area contributed by atoms with Gasteiger partial charge in [0.05, 0.1) is 0 Å². The maximum Gasteiger partial charge on any atom is 0.103 e. The lowest BCUT2D eigenvalue weighted by Crippen LogP contribution is -2.36. The summed E-state index contributed by atoms with van der Waals surface area (Å²) in [5.74, 6) is 0. The summed E-state index contributed by atoms with van der Waals surface area (Å²) < 4.78 is 0. The van der Waals surface area contributed by atoms with Gasteiger partial charge >= 0.3 is 0 Å². The largest absolute Gasteiger partial charge is 0.389 e. The third kappa shape index (κ3) is 3.80. The smallest absolute Gasteiger partial charge is 0.103 e. The molecule has 0 atom stereocenters. The molecule has 1 saturated carbocycles. The third-order valence-corrected chi connectivity index (χ3v) is 4.73. The first-order chi connectivity index (χ1) is 9.61. The van der Waals surface area contributed by atoms with Crippen LogP contribution in [0.4, 0.5) is 0 Å². The summed E-state index contributed by atoms with van der Waals surface area (Å²) in [6.07, 6.45) is 6.91. The molecule has 0 amide bonds. The molecule has 110 valence electrons. The van der Waals surface area contributed by atoms with Gasteiger partial charge in [0.15, 0.2) is 0 Å². The van der Waals surface area contributed by atoms with E-state index in [-0.39, 0.29) is 0 Å². The molecule has 0 aromatic heterocycles. The van der Waals surface area contributed by atoms with Crippen LogP contribution in [0.3, 0.4) is 0 Å². The zero-order valence-electron chi connectivity index (χ0n) is 12.7. The van der Waals surface area contributed by atoms with E-state index in [4.69, 9.17) is 18.0 Å². The normalized spacial score (nSPS) is 16.6. The van der Waals surface area contributed by atoms with Gasteiger partial charge in [0.2, 0.25) is 0 Å². The lowest BCUT2D eigenvalue weighted by atomic mass is 9.93. The van der Waals surface area contributed by atoms with Crippen molar-refractivity contribution in [2.75, 3.05) is 6.54 Å². The molecule has 2 rings (SSSR count). The van der Waals surface area contributed by atoms with E-state index in [2.05, 4.69) is 36.9 Å². The van der Waals surface area contributed by atoms with E-state index in [9.17, 15) is 0 Å². The molecule has 0 unspecified atom stereocenters. The van der Waals surface area contributed by atoms with Crippen LogP contribution in [0.1, 0.15) is 55.7 Å². The number of hydrogen-bond acceptors (Lipinski definition) is 2. The summed E-state index contributed by atoms with van der Waals surface area (Å²) in [6.45, 7) is 6.60. The van der Waals surface area contributed by atoms with E-state index in [1.54, 1.807) is 0 Å². The van der Waals surface area contributed by atoms with Gasteiger partial charge in [0, 0.05) is 18.2 Å². The Balaban J connectivity index is 2.08. The van der Waals surface area contributed by atoms with Gasteiger partial charge in [-0.25, -0.2) is 0 Å². The average Bonchev–Trinajstić information content (AvgIpc) is 2.46. The highest BCUT2D eigenvalue weighted by molar-refractivity contribution is 7.80. The monoisotopic (exact) mass is 290 g/mol. The lowest BCUT2D eigenvalue weighted by Gasteiger charge is -2.34. The predicted molar refractivity (Wildman–Crippen MR) is 90.0 cm³/mol. The van der Waals surface area contributed by atoms with E-state index in [0.717, 1.165) is 24.7 Å². The van der Waals surface area contributed by atoms with Gasteiger partial charge in [0.25, 0.3) is 0 Å². The molecule has 3 heteroatoms. The Bertz CT molecular complexity index is 464. The molecule has 0 saturated heterocycles. The fraction of sp³-hybridized carbons (Fsp3) is 0.588. The van der Waals surface area contributed by atoms with E-state index < -0.39 is 0 Å². The molecule has 2 N–H and O–H groups in total. The summed E-state index contributed by atoms with van der Waals surface area (Å²) in [7, 11) is 0. The highest BCUT2D eigenvalue weighted by Gasteiger charge is 2.20. The van der Waals surface area contributed by atoms with Crippen LogP contribution in [-0.4, -0.2) is 22.5 Å². The van der Waals surface area contributed by atoms with Crippen LogP contribution >= 0.6 is 12.2 Å². The van der Waals surface area contributed by atoms with Gasteiger partial charge in [0.1, 0.15) is 4.99 Å². The number of thiocarbonyl (C=S) groups is 1. The lowest BCUT2D eigenvalue weighted by molar-refractivity contribution is 0.155. The predicted octanol–water partition coefficient (Wildman–Crippen LogP) is 3.78. The standard InChI is InChI=1S/C17H26N2S/c1-3-19(16-7-5-4-6-8-16)12-15-10-9-14(17(18)20)11-13(15)2/h9-11,16H,3-8,12H2,1-2H3,(H2,18,20). The minimum atomic E-state index is 0.485. The first-order valence-electron chi connectivity index (χ1n) is 7.75. The quantitative estimate of drug-likeness (QED) is 0.837.